The predicted octanol–water partition coefficient (Wildman–Crippen LogP) is 1.79. The largest absolute Gasteiger partial charge is 0.343 e. The molecule has 1 aliphatic heterocycles. The fraction of sp³-hybridized carbons (Fsp3) is 0.320. The van der Waals surface area contributed by atoms with Crippen LogP contribution in [0.5, 0.6) is 0 Å². The molecule has 172 valence electrons. The molecule has 4 N–H and O–H groups in total. The van der Waals surface area contributed by atoms with Gasteiger partial charge in [0.25, 0.3) is 5.91 Å². The van der Waals surface area contributed by atoms with E-state index in [1.807, 2.05) is 60.7 Å². The Morgan fingerprint density at radius 3 is 2.21 bits per heavy atom. The van der Waals surface area contributed by atoms with Crippen LogP contribution in [0.15, 0.2) is 60.7 Å². The Morgan fingerprint density at radius 1 is 1.12 bits per heavy atom. The van der Waals surface area contributed by atoms with Gasteiger partial charge < -0.3 is 16.0 Å². The van der Waals surface area contributed by atoms with E-state index in [1.165, 1.54) is 11.8 Å². The van der Waals surface area contributed by atoms with Crippen molar-refractivity contribution in [3.8, 4) is 12.3 Å². The summed E-state index contributed by atoms with van der Waals surface area (Å²) in [6.45, 7) is 1.75. The van der Waals surface area contributed by atoms with Gasteiger partial charge in [-0.3, -0.25) is 15.0 Å². The molecular formula is C25H29N5O3. The maximum absolute atomic E-state index is 13.4. The van der Waals surface area contributed by atoms with Crippen molar-refractivity contribution in [2.75, 3.05) is 13.1 Å². The number of urea groups is 1. The van der Waals surface area contributed by atoms with Crippen LogP contribution in [0.4, 0.5) is 4.79 Å². The molecule has 8 nitrogen and oxygen atoms in total. The first-order valence-electron chi connectivity index (χ1n) is 10.9. The maximum Gasteiger partial charge on any atom is 0.340 e. The van der Waals surface area contributed by atoms with Crippen LogP contribution < -0.4 is 16.5 Å². The molecular weight excluding hydrogens is 418 g/mol. The summed E-state index contributed by atoms with van der Waals surface area (Å²) in [7, 11) is 0. The first-order valence-corrected chi connectivity index (χ1v) is 10.9. The van der Waals surface area contributed by atoms with E-state index in [4.69, 9.17) is 12.2 Å². The molecule has 2 aromatic rings. The summed E-state index contributed by atoms with van der Waals surface area (Å²) in [5.41, 5.74) is 9.92. The third kappa shape index (κ3) is 5.90. The van der Waals surface area contributed by atoms with E-state index in [0.717, 1.165) is 16.1 Å². The highest BCUT2D eigenvalue weighted by Crippen LogP contribution is 2.24. The van der Waals surface area contributed by atoms with Crippen molar-refractivity contribution < 1.29 is 14.4 Å². The third-order valence-electron chi connectivity index (χ3n) is 5.49. The normalized spacial score (nSPS) is 16.1. The number of rotatable bonds is 6. The van der Waals surface area contributed by atoms with Crippen molar-refractivity contribution in [2.45, 2.75) is 37.9 Å². The fourth-order valence-electron chi connectivity index (χ4n) is 3.79. The Balaban J connectivity index is 1.79. The quantitative estimate of drug-likeness (QED) is 0.463. The molecule has 0 aliphatic carbocycles. The van der Waals surface area contributed by atoms with Gasteiger partial charge in [-0.25, -0.2) is 9.80 Å². The van der Waals surface area contributed by atoms with Gasteiger partial charge in [-0.15, -0.1) is 6.42 Å². The Labute approximate surface area is 194 Å². The van der Waals surface area contributed by atoms with Crippen LogP contribution >= 0.6 is 0 Å². The van der Waals surface area contributed by atoms with Gasteiger partial charge in [0.2, 0.25) is 5.91 Å². The highest BCUT2D eigenvalue weighted by atomic mass is 16.2. The number of hydrogen-bond donors (Lipinski definition) is 3. The summed E-state index contributed by atoms with van der Waals surface area (Å²) >= 11 is 0. The average Bonchev–Trinajstić information content (AvgIpc) is 3.33. The lowest BCUT2D eigenvalue weighted by Crippen LogP contribution is -2.57. The fourth-order valence-corrected chi connectivity index (χ4v) is 3.79. The van der Waals surface area contributed by atoms with Crippen molar-refractivity contribution in [1.29, 1.82) is 0 Å². The SMILES string of the molecule is C#CCN(NC(=O)[C@H](C)N)C(=O)N1CCC[C@H]1C(=O)NC(c1ccccc1)c1ccccc1. The molecule has 2 atom stereocenters. The highest BCUT2D eigenvalue weighted by Gasteiger charge is 2.37. The van der Waals surface area contributed by atoms with Crippen molar-refractivity contribution in [2.24, 2.45) is 5.73 Å². The zero-order valence-electron chi connectivity index (χ0n) is 18.6. The van der Waals surface area contributed by atoms with Gasteiger partial charge >= 0.3 is 6.03 Å². The van der Waals surface area contributed by atoms with Gasteiger partial charge in [-0.2, -0.15) is 0 Å². The Morgan fingerprint density at radius 2 is 1.70 bits per heavy atom. The molecule has 3 rings (SSSR count). The summed E-state index contributed by atoms with van der Waals surface area (Å²) in [5, 5.41) is 4.14. The topological polar surface area (TPSA) is 108 Å². The number of nitrogens with one attached hydrogen (secondary N) is 2. The monoisotopic (exact) mass is 447 g/mol. The van der Waals surface area contributed by atoms with Crippen molar-refractivity contribution >= 4 is 17.8 Å². The first-order chi connectivity index (χ1) is 15.9. The molecule has 8 heteroatoms. The number of hydrazine groups is 1. The Kier molecular flexibility index (Phi) is 8.06. The molecule has 33 heavy (non-hydrogen) atoms. The lowest BCUT2D eigenvalue weighted by Gasteiger charge is -2.31. The molecule has 0 unspecified atom stereocenters. The van der Waals surface area contributed by atoms with Crippen LogP contribution in [0.2, 0.25) is 0 Å². The number of carbonyl (C=O) groups is 3. The summed E-state index contributed by atoms with van der Waals surface area (Å²) < 4.78 is 0. The second-order valence-corrected chi connectivity index (χ2v) is 7.95. The Hall–Kier alpha value is -3.83. The van der Waals surface area contributed by atoms with Crippen LogP contribution in [0, 0.1) is 12.3 Å². The van der Waals surface area contributed by atoms with E-state index < -0.39 is 24.0 Å². The van der Waals surface area contributed by atoms with Gasteiger partial charge in [0.1, 0.15) is 12.6 Å². The molecule has 0 aromatic heterocycles. The van der Waals surface area contributed by atoms with Crippen molar-refractivity contribution in [3.63, 3.8) is 0 Å². The zero-order valence-corrected chi connectivity index (χ0v) is 18.6. The lowest BCUT2D eigenvalue weighted by molar-refractivity contribution is -0.126. The molecule has 0 bridgehead atoms. The van der Waals surface area contributed by atoms with Crippen LogP contribution in [-0.4, -0.2) is 52.9 Å². The van der Waals surface area contributed by atoms with E-state index in [-0.39, 0.29) is 18.5 Å². The molecule has 1 fully saturated rings. The van der Waals surface area contributed by atoms with E-state index in [9.17, 15) is 14.4 Å². The van der Waals surface area contributed by atoms with Crippen LogP contribution in [-0.2, 0) is 9.59 Å². The Bertz CT molecular complexity index is 964. The van der Waals surface area contributed by atoms with Crippen LogP contribution in [0.3, 0.4) is 0 Å². The average molecular weight is 448 g/mol. The van der Waals surface area contributed by atoms with E-state index in [1.54, 1.807) is 0 Å². The number of nitrogens with two attached hydrogens (primary N) is 1. The molecule has 1 heterocycles. The third-order valence-corrected chi connectivity index (χ3v) is 5.49. The number of terminal acetylenes is 1. The van der Waals surface area contributed by atoms with Gasteiger partial charge in [0.05, 0.1) is 12.1 Å². The predicted molar refractivity (Wildman–Crippen MR) is 125 cm³/mol. The van der Waals surface area contributed by atoms with Crippen LogP contribution in [0.1, 0.15) is 36.9 Å². The minimum absolute atomic E-state index is 0.140. The number of hydrogen-bond acceptors (Lipinski definition) is 4. The standard InChI is InChI=1S/C25H29N5O3/c1-3-16-30(28-23(31)18(2)26)25(33)29-17-10-15-21(29)24(32)27-22(19-11-6-4-7-12-19)20-13-8-5-9-14-20/h1,4-9,11-14,18,21-22H,10,15-17,26H2,2H3,(H,27,32)(H,28,31)/t18-,21-/m0/s1. The summed E-state index contributed by atoms with van der Waals surface area (Å²) in [6, 6.07) is 16.9. The molecule has 0 radical (unpaired) electrons. The minimum Gasteiger partial charge on any atom is -0.343 e. The second-order valence-electron chi connectivity index (χ2n) is 7.95. The van der Waals surface area contributed by atoms with Crippen molar-refractivity contribution in [3.05, 3.63) is 71.8 Å². The summed E-state index contributed by atoms with van der Waals surface area (Å²) in [5.74, 6) is 1.56. The lowest BCUT2D eigenvalue weighted by atomic mass is 9.98. The van der Waals surface area contributed by atoms with Gasteiger partial charge in [-0.1, -0.05) is 66.6 Å². The molecule has 2 aromatic carbocycles. The molecule has 0 spiro atoms. The number of carbonyl (C=O) groups excluding carboxylic acids is 3. The smallest absolute Gasteiger partial charge is 0.340 e. The molecule has 4 amide bonds. The number of amides is 4. The maximum atomic E-state index is 13.4. The van der Waals surface area contributed by atoms with E-state index in [2.05, 4.69) is 16.7 Å². The number of likely N-dealkylation sites (tertiary alicyclic amines) is 1. The number of benzene rings is 2. The zero-order chi connectivity index (χ0) is 23.8. The molecule has 1 aliphatic rings. The number of nitrogens with zero attached hydrogens (tertiary/aromatic N) is 2. The van der Waals surface area contributed by atoms with Crippen molar-refractivity contribution in [1.82, 2.24) is 20.7 Å². The first kappa shape index (κ1) is 23.8. The highest BCUT2D eigenvalue weighted by molar-refractivity contribution is 5.89. The van der Waals surface area contributed by atoms with Gasteiger partial charge in [0, 0.05) is 6.54 Å². The van der Waals surface area contributed by atoms with Crippen LogP contribution in [0.25, 0.3) is 0 Å². The minimum atomic E-state index is -0.812. The van der Waals surface area contributed by atoms with Gasteiger partial charge in [-0.05, 0) is 30.9 Å². The summed E-state index contributed by atoms with van der Waals surface area (Å²) in [4.78, 5) is 40.0. The molecule has 1 saturated heterocycles. The van der Waals surface area contributed by atoms with E-state index in [0.29, 0.717) is 19.4 Å². The summed E-state index contributed by atoms with van der Waals surface area (Å²) in [6.07, 6.45) is 6.56. The van der Waals surface area contributed by atoms with E-state index >= 15 is 0 Å². The van der Waals surface area contributed by atoms with Gasteiger partial charge in [0.15, 0.2) is 0 Å². The second kappa shape index (κ2) is 11.2. The molecule has 0 saturated carbocycles.